The largest absolute Gasteiger partial charge is 0.444 e. The van der Waals surface area contributed by atoms with Crippen LogP contribution >= 0.6 is 0 Å². The molecule has 1 unspecified atom stereocenters. The van der Waals surface area contributed by atoms with Crippen molar-refractivity contribution in [3.8, 4) is 11.5 Å². The number of benzene rings is 1. The van der Waals surface area contributed by atoms with Crippen molar-refractivity contribution in [2.45, 2.75) is 26.5 Å². The van der Waals surface area contributed by atoms with Crippen LogP contribution in [-0.4, -0.2) is 34.7 Å². The van der Waals surface area contributed by atoms with E-state index in [2.05, 4.69) is 11.9 Å². The van der Waals surface area contributed by atoms with E-state index in [0.29, 0.717) is 19.0 Å². The highest BCUT2D eigenvalue weighted by atomic mass is 16.3. The molecule has 0 fully saturated rings. The molecule has 1 aromatic heterocycles. The van der Waals surface area contributed by atoms with E-state index in [4.69, 9.17) is 4.42 Å². The van der Waals surface area contributed by atoms with Crippen LogP contribution in [0.2, 0.25) is 0 Å². The maximum absolute atomic E-state index is 9.32. The van der Waals surface area contributed by atoms with Crippen LogP contribution in [0.3, 0.4) is 0 Å². The number of aryl methyl sites for hydroxylation is 1. The summed E-state index contributed by atoms with van der Waals surface area (Å²) in [5.74, 6) is 0.639. The van der Waals surface area contributed by atoms with Crippen molar-refractivity contribution in [3.05, 3.63) is 41.8 Å². The smallest absolute Gasteiger partial charge is 0.226 e. The number of likely N-dealkylation sites (N-methyl/N-ethyl adjacent to an activating group) is 1. The summed E-state index contributed by atoms with van der Waals surface area (Å²) in [6.07, 6.45) is 1.33. The normalized spacial score (nSPS) is 12.9. The highest BCUT2D eigenvalue weighted by Gasteiger charge is 2.09. The summed E-state index contributed by atoms with van der Waals surface area (Å²) in [7, 11) is 1.95. The number of aliphatic hydroxyl groups is 1. The van der Waals surface area contributed by atoms with Crippen LogP contribution in [-0.2, 0) is 6.54 Å². The highest BCUT2D eigenvalue weighted by molar-refractivity contribution is 5.53. The minimum atomic E-state index is -0.339. The number of rotatable bonds is 5. The van der Waals surface area contributed by atoms with E-state index < -0.39 is 0 Å². The van der Waals surface area contributed by atoms with E-state index in [0.717, 1.165) is 11.3 Å². The number of aliphatic hydroxyl groups excluding tert-OH is 1. The van der Waals surface area contributed by atoms with Gasteiger partial charge in [-0.3, -0.25) is 4.90 Å². The lowest BCUT2D eigenvalue weighted by molar-refractivity contribution is 0.137. The topological polar surface area (TPSA) is 49.5 Å². The van der Waals surface area contributed by atoms with Crippen LogP contribution in [0.5, 0.6) is 0 Å². The van der Waals surface area contributed by atoms with Gasteiger partial charge in [-0.05, 0) is 33.0 Å². The first-order chi connectivity index (χ1) is 9.04. The van der Waals surface area contributed by atoms with Gasteiger partial charge in [-0.25, -0.2) is 4.98 Å². The highest BCUT2D eigenvalue weighted by Crippen LogP contribution is 2.19. The van der Waals surface area contributed by atoms with Gasteiger partial charge in [0.1, 0.15) is 6.26 Å². The molecule has 1 N–H and O–H groups in total. The zero-order valence-electron chi connectivity index (χ0n) is 11.6. The van der Waals surface area contributed by atoms with Gasteiger partial charge in [0.15, 0.2) is 0 Å². The first kappa shape index (κ1) is 13.8. The minimum Gasteiger partial charge on any atom is -0.444 e. The Bertz CT molecular complexity index is 517. The van der Waals surface area contributed by atoms with Crippen molar-refractivity contribution < 1.29 is 9.52 Å². The molecule has 4 nitrogen and oxygen atoms in total. The van der Waals surface area contributed by atoms with Gasteiger partial charge >= 0.3 is 0 Å². The van der Waals surface area contributed by atoms with Gasteiger partial charge < -0.3 is 9.52 Å². The molecule has 1 atom stereocenters. The average Bonchev–Trinajstić information content (AvgIpc) is 2.77. The molecular formula is C15H20N2O2. The molecule has 0 bridgehead atoms. The molecule has 1 heterocycles. The molecule has 0 amide bonds. The Hall–Kier alpha value is -1.65. The van der Waals surface area contributed by atoms with Crippen LogP contribution in [0.1, 0.15) is 18.2 Å². The first-order valence-corrected chi connectivity index (χ1v) is 6.42. The molecule has 4 heteroatoms. The Morgan fingerprint density at radius 3 is 2.63 bits per heavy atom. The van der Waals surface area contributed by atoms with Crippen molar-refractivity contribution in [1.82, 2.24) is 9.88 Å². The van der Waals surface area contributed by atoms with Crippen LogP contribution in [0.4, 0.5) is 0 Å². The molecule has 0 radical (unpaired) electrons. The Kier molecular flexibility index (Phi) is 4.35. The second-order valence-corrected chi connectivity index (χ2v) is 5.06. The van der Waals surface area contributed by atoms with E-state index in [9.17, 15) is 5.11 Å². The SMILES string of the molecule is Cc1ccc(-c2nc(CN(C)CC(C)O)co2)cc1. The Labute approximate surface area is 113 Å². The van der Waals surface area contributed by atoms with E-state index >= 15 is 0 Å². The summed E-state index contributed by atoms with van der Waals surface area (Å²) in [6.45, 7) is 5.11. The maximum atomic E-state index is 9.32. The van der Waals surface area contributed by atoms with Crippen molar-refractivity contribution >= 4 is 0 Å². The molecule has 1 aromatic carbocycles. The molecule has 19 heavy (non-hydrogen) atoms. The lowest BCUT2D eigenvalue weighted by atomic mass is 10.1. The van der Waals surface area contributed by atoms with Crippen molar-refractivity contribution in [1.29, 1.82) is 0 Å². The van der Waals surface area contributed by atoms with E-state index in [-0.39, 0.29) is 6.10 Å². The van der Waals surface area contributed by atoms with E-state index in [1.54, 1.807) is 13.2 Å². The predicted octanol–water partition coefficient (Wildman–Crippen LogP) is 2.46. The second-order valence-electron chi connectivity index (χ2n) is 5.06. The number of oxazole rings is 1. The molecular weight excluding hydrogens is 240 g/mol. The summed E-state index contributed by atoms with van der Waals surface area (Å²) in [5, 5.41) is 9.32. The van der Waals surface area contributed by atoms with Gasteiger partial charge in [-0.15, -0.1) is 0 Å². The van der Waals surface area contributed by atoms with Crippen molar-refractivity contribution in [3.63, 3.8) is 0 Å². The monoisotopic (exact) mass is 260 g/mol. The third-order valence-electron chi connectivity index (χ3n) is 2.86. The van der Waals surface area contributed by atoms with E-state index in [1.165, 1.54) is 5.56 Å². The summed E-state index contributed by atoms with van der Waals surface area (Å²) in [4.78, 5) is 6.48. The molecule has 0 saturated carbocycles. The van der Waals surface area contributed by atoms with Crippen molar-refractivity contribution in [2.24, 2.45) is 0 Å². The number of nitrogens with zero attached hydrogens (tertiary/aromatic N) is 2. The molecule has 0 aliphatic rings. The summed E-state index contributed by atoms with van der Waals surface area (Å²) in [5.41, 5.74) is 3.07. The quantitative estimate of drug-likeness (QED) is 0.897. The van der Waals surface area contributed by atoms with Gasteiger partial charge in [0, 0.05) is 18.7 Å². The fourth-order valence-corrected chi connectivity index (χ4v) is 2.00. The summed E-state index contributed by atoms with van der Waals surface area (Å²) >= 11 is 0. The number of aromatic nitrogens is 1. The summed E-state index contributed by atoms with van der Waals surface area (Å²) in [6, 6.07) is 8.09. The lowest BCUT2D eigenvalue weighted by Crippen LogP contribution is -2.26. The van der Waals surface area contributed by atoms with Crippen LogP contribution in [0, 0.1) is 6.92 Å². The fourth-order valence-electron chi connectivity index (χ4n) is 2.00. The zero-order chi connectivity index (χ0) is 13.8. The third-order valence-corrected chi connectivity index (χ3v) is 2.86. The molecule has 0 aliphatic heterocycles. The van der Waals surface area contributed by atoms with Gasteiger partial charge in [0.05, 0.1) is 11.8 Å². The maximum Gasteiger partial charge on any atom is 0.226 e. The van der Waals surface area contributed by atoms with Crippen molar-refractivity contribution in [2.75, 3.05) is 13.6 Å². The molecule has 0 aliphatic carbocycles. The molecule has 0 spiro atoms. The summed E-state index contributed by atoms with van der Waals surface area (Å²) < 4.78 is 5.50. The zero-order valence-corrected chi connectivity index (χ0v) is 11.6. The Balaban J connectivity index is 2.04. The molecule has 0 saturated heterocycles. The minimum absolute atomic E-state index is 0.339. The third kappa shape index (κ3) is 3.91. The molecule has 2 rings (SSSR count). The Morgan fingerprint density at radius 1 is 1.32 bits per heavy atom. The van der Waals surface area contributed by atoms with Crippen LogP contribution < -0.4 is 0 Å². The van der Waals surface area contributed by atoms with Crippen LogP contribution in [0.25, 0.3) is 11.5 Å². The number of hydrogen-bond donors (Lipinski definition) is 1. The Morgan fingerprint density at radius 2 is 2.00 bits per heavy atom. The average molecular weight is 260 g/mol. The van der Waals surface area contributed by atoms with Gasteiger partial charge in [0.25, 0.3) is 0 Å². The second kappa shape index (κ2) is 5.99. The lowest BCUT2D eigenvalue weighted by Gasteiger charge is -2.16. The fraction of sp³-hybridized carbons (Fsp3) is 0.400. The standard InChI is InChI=1S/C15H20N2O2/c1-11-4-6-13(7-5-11)15-16-14(10-19-15)9-17(3)8-12(2)18/h4-7,10,12,18H,8-9H2,1-3H3. The van der Waals surface area contributed by atoms with Crippen LogP contribution in [0.15, 0.2) is 34.9 Å². The molecule has 2 aromatic rings. The first-order valence-electron chi connectivity index (χ1n) is 6.42. The van der Waals surface area contributed by atoms with Gasteiger partial charge in [-0.1, -0.05) is 17.7 Å². The van der Waals surface area contributed by atoms with Gasteiger partial charge in [0.2, 0.25) is 5.89 Å². The van der Waals surface area contributed by atoms with Gasteiger partial charge in [-0.2, -0.15) is 0 Å². The number of hydrogen-bond acceptors (Lipinski definition) is 4. The predicted molar refractivity (Wildman–Crippen MR) is 74.7 cm³/mol. The van der Waals surface area contributed by atoms with E-state index in [1.807, 2.05) is 36.2 Å². The molecule has 102 valence electrons.